The fourth-order valence-electron chi connectivity index (χ4n) is 4.45. The predicted molar refractivity (Wildman–Crippen MR) is 135 cm³/mol. The molecule has 14 heteroatoms. The summed E-state index contributed by atoms with van der Waals surface area (Å²) < 4.78 is 0. The number of halogens is 3. The number of hydrazine groups is 1. The average molecular weight is 645 g/mol. The van der Waals surface area contributed by atoms with Crippen LogP contribution in [0.15, 0.2) is 42.5 Å². The smallest absolute Gasteiger partial charge is 0.272 e. The lowest BCUT2D eigenvalue weighted by atomic mass is 9.81. The highest BCUT2D eigenvalue weighted by Gasteiger charge is 2.54. The van der Waals surface area contributed by atoms with Gasteiger partial charge in [-0.15, -0.1) is 0 Å². The number of carbonyl (C=O) groups is 3. The summed E-state index contributed by atoms with van der Waals surface area (Å²) in [5.41, 5.74) is -0.907. The van der Waals surface area contributed by atoms with Crippen LogP contribution in [0.3, 0.4) is 0 Å². The molecule has 36 heavy (non-hydrogen) atoms. The van der Waals surface area contributed by atoms with E-state index in [1.54, 1.807) is 0 Å². The Morgan fingerprint density at radius 3 is 2.17 bits per heavy atom. The molecule has 4 atom stereocenters. The van der Waals surface area contributed by atoms with Crippen molar-refractivity contribution >= 4 is 72.6 Å². The first kappa shape index (κ1) is 26.2. The Morgan fingerprint density at radius 1 is 1.00 bits per heavy atom. The van der Waals surface area contributed by atoms with Crippen LogP contribution in [0.1, 0.15) is 28.8 Å². The van der Waals surface area contributed by atoms with E-state index in [-0.39, 0.29) is 31.5 Å². The van der Waals surface area contributed by atoms with Gasteiger partial charge in [-0.05, 0) is 31.0 Å². The molecule has 1 aliphatic heterocycles. The third-order valence-corrected chi connectivity index (χ3v) is 9.20. The van der Waals surface area contributed by atoms with Gasteiger partial charge in [-0.25, -0.2) is 5.01 Å². The monoisotopic (exact) mass is 642 g/mol. The topological polar surface area (TPSA) is 144 Å². The van der Waals surface area contributed by atoms with Gasteiger partial charge < -0.3 is 0 Å². The second-order valence-corrected chi connectivity index (χ2v) is 11.2. The molecule has 2 aliphatic rings. The van der Waals surface area contributed by atoms with Gasteiger partial charge >= 0.3 is 0 Å². The Balaban J connectivity index is 1.79. The van der Waals surface area contributed by atoms with Crippen molar-refractivity contribution in [2.24, 2.45) is 11.8 Å². The van der Waals surface area contributed by atoms with E-state index in [2.05, 4.69) is 31.9 Å². The van der Waals surface area contributed by atoms with E-state index in [0.29, 0.717) is 12.8 Å². The van der Waals surface area contributed by atoms with Gasteiger partial charge in [0.25, 0.3) is 29.1 Å². The second-order valence-electron chi connectivity index (χ2n) is 8.41. The van der Waals surface area contributed by atoms with E-state index < -0.39 is 51.6 Å². The molecule has 0 N–H and O–H groups in total. The third-order valence-electron chi connectivity index (χ3n) is 6.23. The lowest BCUT2D eigenvalue weighted by Crippen LogP contribution is -2.49. The van der Waals surface area contributed by atoms with Gasteiger partial charge in [0.2, 0.25) is 0 Å². The first-order valence-electron chi connectivity index (χ1n) is 10.6. The zero-order chi connectivity index (χ0) is 26.3. The Kier molecular flexibility index (Phi) is 7.43. The van der Waals surface area contributed by atoms with Crippen molar-refractivity contribution in [1.29, 1.82) is 0 Å². The molecule has 1 saturated carbocycles. The van der Waals surface area contributed by atoms with Gasteiger partial charge in [0.1, 0.15) is 0 Å². The van der Waals surface area contributed by atoms with Crippen molar-refractivity contribution in [3.8, 4) is 0 Å². The van der Waals surface area contributed by atoms with Crippen molar-refractivity contribution in [3.05, 3.63) is 78.8 Å². The number of benzene rings is 2. The summed E-state index contributed by atoms with van der Waals surface area (Å²) in [4.78, 5) is 61.9. The van der Waals surface area contributed by atoms with Crippen molar-refractivity contribution < 1.29 is 24.2 Å². The van der Waals surface area contributed by atoms with Crippen LogP contribution < -0.4 is 0 Å². The fraction of sp³-hybridized carbons (Fsp3) is 0.318. The van der Waals surface area contributed by atoms with Crippen molar-refractivity contribution in [2.45, 2.75) is 29.0 Å². The highest BCUT2D eigenvalue weighted by atomic mass is 79.9. The van der Waals surface area contributed by atoms with Crippen LogP contribution in [0.2, 0.25) is 5.02 Å². The highest BCUT2D eigenvalue weighted by molar-refractivity contribution is 9.12. The minimum atomic E-state index is -0.894. The number of fused-ring (bicyclic) bond motifs is 1. The zero-order valence-electron chi connectivity index (χ0n) is 18.3. The molecule has 2 aromatic carbocycles. The molecule has 0 bridgehead atoms. The van der Waals surface area contributed by atoms with Crippen LogP contribution in [0.5, 0.6) is 0 Å². The number of amides is 3. The normalized spacial score (nSPS) is 23.4. The number of hydrogen-bond acceptors (Lipinski definition) is 7. The van der Waals surface area contributed by atoms with E-state index in [0.717, 1.165) is 22.2 Å². The van der Waals surface area contributed by atoms with E-state index in [1.165, 1.54) is 30.3 Å². The Bertz CT molecular complexity index is 1260. The zero-order valence-corrected chi connectivity index (χ0v) is 22.2. The molecule has 0 unspecified atom stereocenters. The van der Waals surface area contributed by atoms with Gasteiger partial charge in [-0.3, -0.25) is 34.6 Å². The SMILES string of the molecule is O=C(c1cccc([N+](=O)[O-])c1)N(Cc1ccc(Cl)cc1[N+](=O)[O-])N1C(=O)[C@H]2C[C@H](Br)[C@@H](Br)C[C@H]2C1=O. The maximum absolute atomic E-state index is 13.6. The molecule has 1 heterocycles. The van der Waals surface area contributed by atoms with E-state index in [4.69, 9.17) is 11.6 Å². The Hall–Kier alpha value is -2.90. The quantitative estimate of drug-likeness (QED) is 0.193. The number of imide groups is 1. The van der Waals surface area contributed by atoms with Crippen molar-refractivity contribution in [3.63, 3.8) is 0 Å². The highest BCUT2D eigenvalue weighted by Crippen LogP contribution is 2.44. The summed E-state index contributed by atoms with van der Waals surface area (Å²) in [6.45, 7) is -0.512. The molecule has 1 aliphatic carbocycles. The Labute approximate surface area is 225 Å². The number of rotatable bonds is 6. The first-order valence-corrected chi connectivity index (χ1v) is 12.9. The predicted octanol–water partition coefficient (Wildman–Crippen LogP) is 4.64. The number of hydrogen-bond donors (Lipinski definition) is 0. The molecule has 188 valence electrons. The van der Waals surface area contributed by atoms with E-state index >= 15 is 0 Å². The molecule has 0 radical (unpaired) electrons. The minimum Gasteiger partial charge on any atom is -0.272 e. The summed E-state index contributed by atoms with van der Waals surface area (Å²) in [6, 6.07) is 8.63. The number of nitro benzene ring substituents is 2. The van der Waals surface area contributed by atoms with Crippen LogP contribution in [0.25, 0.3) is 0 Å². The van der Waals surface area contributed by atoms with Crippen LogP contribution in [-0.2, 0) is 16.1 Å². The van der Waals surface area contributed by atoms with Crippen LogP contribution in [0, 0.1) is 32.1 Å². The van der Waals surface area contributed by atoms with E-state index in [9.17, 15) is 34.6 Å². The van der Waals surface area contributed by atoms with Gasteiger partial charge in [0.05, 0.1) is 33.8 Å². The van der Waals surface area contributed by atoms with E-state index in [1.807, 2.05) is 0 Å². The standard InChI is InChI=1S/C22H17Br2ClN4O7/c23-17-8-15-16(9-18(17)24)22(32)27(21(15)31)26(10-12-4-5-13(25)7-19(12)29(35)36)20(30)11-2-1-3-14(6-11)28(33)34/h1-7,15-18H,8-10H2/t15-,16+,17-,18-/m0/s1. The molecular weight excluding hydrogens is 628 g/mol. The van der Waals surface area contributed by atoms with Crippen LogP contribution >= 0.6 is 43.5 Å². The number of nitro groups is 2. The van der Waals surface area contributed by atoms with Gasteiger partial charge in [-0.2, -0.15) is 5.01 Å². The molecule has 0 aromatic heterocycles. The largest absolute Gasteiger partial charge is 0.275 e. The number of carbonyl (C=O) groups excluding carboxylic acids is 3. The second kappa shape index (κ2) is 10.2. The van der Waals surface area contributed by atoms with Crippen LogP contribution in [0.4, 0.5) is 11.4 Å². The maximum Gasteiger partial charge on any atom is 0.275 e. The number of nitrogens with zero attached hydrogens (tertiary/aromatic N) is 4. The molecule has 1 saturated heterocycles. The molecule has 4 rings (SSSR count). The molecule has 2 fully saturated rings. The fourth-order valence-corrected chi connectivity index (χ4v) is 5.86. The lowest BCUT2D eigenvalue weighted by molar-refractivity contribution is -0.385. The molecule has 0 spiro atoms. The maximum atomic E-state index is 13.6. The molecular formula is C22H17Br2ClN4O7. The summed E-state index contributed by atoms with van der Waals surface area (Å²) in [6.07, 6.45) is 0.698. The van der Waals surface area contributed by atoms with Crippen molar-refractivity contribution in [1.82, 2.24) is 10.0 Å². The summed E-state index contributed by atoms with van der Waals surface area (Å²) in [5, 5.41) is 24.5. The Morgan fingerprint density at radius 2 is 1.61 bits per heavy atom. The molecule has 3 amide bonds. The van der Waals surface area contributed by atoms with Crippen molar-refractivity contribution in [2.75, 3.05) is 0 Å². The lowest BCUT2D eigenvalue weighted by Gasteiger charge is -2.30. The summed E-state index contributed by atoms with van der Waals surface area (Å²) in [5.74, 6) is -3.48. The molecule has 11 nitrogen and oxygen atoms in total. The van der Waals surface area contributed by atoms with Gasteiger partial charge in [0, 0.05) is 38.4 Å². The number of alkyl halides is 2. The average Bonchev–Trinajstić information content (AvgIpc) is 3.07. The number of non-ortho nitro benzene ring substituents is 1. The first-order chi connectivity index (χ1) is 17.0. The molecule has 2 aromatic rings. The summed E-state index contributed by atoms with van der Waals surface area (Å²) >= 11 is 12.9. The van der Waals surface area contributed by atoms with Crippen LogP contribution in [-0.4, -0.2) is 47.2 Å². The van der Waals surface area contributed by atoms with Gasteiger partial charge in [-0.1, -0.05) is 49.5 Å². The third kappa shape index (κ3) is 4.87. The van der Waals surface area contributed by atoms with Gasteiger partial charge in [0.15, 0.2) is 0 Å². The minimum absolute atomic E-state index is 0.0235. The summed E-state index contributed by atoms with van der Waals surface area (Å²) in [7, 11) is 0.